The number of nitrogens with one attached hydrogen (secondary N) is 1. The van der Waals surface area contributed by atoms with Gasteiger partial charge in [0.1, 0.15) is 5.75 Å². The number of benzene rings is 1. The molecule has 3 rings (SSSR count). The van der Waals surface area contributed by atoms with E-state index in [1.165, 1.54) is 38.6 Å². The Hall–Kier alpha value is -1.02. The van der Waals surface area contributed by atoms with Crippen LogP contribution in [-0.2, 0) is 11.8 Å². The van der Waals surface area contributed by atoms with Crippen molar-refractivity contribution in [3.8, 4) is 5.75 Å². The zero-order chi connectivity index (χ0) is 13.3. The lowest BCUT2D eigenvalue weighted by Gasteiger charge is -2.49. The highest BCUT2D eigenvalue weighted by Crippen LogP contribution is 2.49. The van der Waals surface area contributed by atoms with E-state index in [0.29, 0.717) is 5.41 Å². The highest BCUT2D eigenvalue weighted by atomic mass is 16.5. The van der Waals surface area contributed by atoms with Gasteiger partial charge in [-0.2, -0.15) is 0 Å². The van der Waals surface area contributed by atoms with Crippen molar-refractivity contribution in [2.75, 3.05) is 20.2 Å². The van der Waals surface area contributed by atoms with Crippen molar-refractivity contribution < 1.29 is 4.74 Å². The maximum atomic E-state index is 5.47. The largest absolute Gasteiger partial charge is 0.497 e. The predicted octanol–water partition coefficient (Wildman–Crippen LogP) is 3.29. The van der Waals surface area contributed by atoms with Gasteiger partial charge in [0.05, 0.1) is 7.11 Å². The molecule has 1 aromatic rings. The van der Waals surface area contributed by atoms with E-state index in [-0.39, 0.29) is 0 Å². The van der Waals surface area contributed by atoms with Crippen LogP contribution >= 0.6 is 0 Å². The molecule has 0 radical (unpaired) electrons. The first-order valence-corrected chi connectivity index (χ1v) is 7.68. The molecule has 2 nitrogen and oxygen atoms in total. The van der Waals surface area contributed by atoms with Crippen LogP contribution in [0.3, 0.4) is 0 Å². The molecule has 104 valence electrons. The fourth-order valence-corrected chi connectivity index (χ4v) is 4.32. The van der Waals surface area contributed by atoms with Crippen molar-refractivity contribution in [2.24, 2.45) is 5.92 Å². The normalized spacial score (nSPS) is 29.5. The maximum Gasteiger partial charge on any atom is 0.119 e. The summed E-state index contributed by atoms with van der Waals surface area (Å²) in [6.45, 7) is 4.67. The van der Waals surface area contributed by atoms with Crippen LogP contribution in [0, 0.1) is 5.92 Å². The monoisotopic (exact) mass is 259 g/mol. The molecule has 1 saturated heterocycles. The lowest BCUT2D eigenvalue weighted by Crippen LogP contribution is -2.50. The van der Waals surface area contributed by atoms with E-state index in [1.54, 1.807) is 18.2 Å². The van der Waals surface area contributed by atoms with E-state index in [0.717, 1.165) is 18.2 Å². The van der Waals surface area contributed by atoms with Crippen molar-refractivity contribution in [1.29, 1.82) is 0 Å². The Morgan fingerprint density at radius 1 is 1.42 bits per heavy atom. The van der Waals surface area contributed by atoms with Gasteiger partial charge in [-0.1, -0.05) is 19.4 Å². The van der Waals surface area contributed by atoms with E-state index in [2.05, 4.69) is 30.4 Å². The number of hydrogen-bond donors (Lipinski definition) is 1. The maximum absolute atomic E-state index is 5.47. The minimum atomic E-state index is 0.405. The average Bonchev–Trinajstić information content (AvgIpc) is 2.47. The standard InChI is InChI=1S/C17H25NO/c1-3-8-17-9-10-18-12-14(17)6-4-13-5-7-15(19-2)11-16(13)17/h5,7,11,14,18H,3-4,6,8-10,12H2,1-2H3/t14-,17+/m1/s1. The molecule has 1 aliphatic heterocycles. The van der Waals surface area contributed by atoms with Crippen molar-refractivity contribution in [3.63, 3.8) is 0 Å². The molecule has 1 N–H and O–H groups in total. The van der Waals surface area contributed by atoms with Crippen LogP contribution in [0.1, 0.15) is 43.7 Å². The first kappa shape index (κ1) is 13.0. The van der Waals surface area contributed by atoms with E-state index >= 15 is 0 Å². The number of methoxy groups -OCH3 is 1. The second-order valence-corrected chi connectivity index (χ2v) is 6.12. The summed E-state index contributed by atoms with van der Waals surface area (Å²) in [5, 5.41) is 3.60. The van der Waals surface area contributed by atoms with Crippen LogP contribution in [-0.4, -0.2) is 20.2 Å². The van der Waals surface area contributed by atoms with E-state index < -0.39 is 0 Å². The van der Waals surface area contributed by atoms with Crippen molar-refractivity contribution in [3.05, 3.63) is 29.3 Å². The molecule has 2 heteroatoms. The van der Waals surface area contributed by atoms with Gasteiger partial charge in [-0.25, -0.2) is 0 Å². The molecule has 0 aromatic heterocycles. The van der Waals surface area contributed by atoms with Crippen molar-refractivity contribution in [2.45, 2.75) is 44.4 Å². The zero-order valence-electron chi connectivity index (χ0n) is 12.2. The predicted molar refractivity (Wildman–Crippen MR) is 78.9 cm³/mol. The summed E-state index contributed by atoms with van der Waals surface area (Å²) >= 11 is 0. The van der Waals surface area contributed by atoms with Gasteiger partial charge in [0, 0.05) is 5.41 Å². The van der Waals surface area contributed by atoms with E-state index in [1.807, 2.05) is 0 Å². The summed E-state index contributed by atoms with van der Waals surface area (Å²) in [7, 11) is 1.77. The van der Waals surface area contributed by atoms with Crippen molar-refractivity contribution in [1.82, 2.24) is 5.32 Å². The van der Waals surface area contributed by atoms with Crippen LogP contribution in [0.2, 0.25) is 0 Å². The molecule has 19 heavy (non-hydrogen) atoms. The summed E-state index contributed by atoms with van der Waals surface area (Å²) in [5.74, 6) is 1.83. The molecule has 0 bridgehead atoms. The van der Waals surface area contributed by atoms with Crippen LogP contribution in [0.5, 0.6) is 5.75 Å². The topological polar surface area (TPSA) is 21.3 Å². The molecular formula is C17H25NO. The summed E-state index contributed by atoms with van der Waals surface area (Å²) in [6.07, 6.45) is 6.45. The Morgan fingerprint density at radius 3 is 3.11 bits per heavy atom. The molecular weight excluding hydrogens is 234 g/mol. The molecule has 0 unspecified atom stereocenters. The first-order valence-electron chi connectivity index (χ1n) is 7.68. The van der Waals surface area contributed by atoms with Gasteiger partial charge < -0.3 is 10.1 Å². The molecule has 1 aliphatic carbocycles. The highest BCUT2D eigenvalue weighted by molar-refractivity contribution is 5.43. The number of fused-ring (bicyclic) bond motifs is 3. The van der Waals surface area contributed by atoms with Gasteiger partial charge in [0.25, 0.3) is 0 Å². The minimum Gasteiger partial charge on any atom is -0.497 e. The van der Waals surface area contributed by atoms with Gasteiger partial charge in [-0.3, -0.25) is 0 Å². The molecule has 1 heterocycles. The fraction of sp³-hybridized carbons (Fsp3) is 0.647. The highest BCUT2D eigenvalue weighted by Gasteiger charge is 2.44. The lowest BCUT2D eigenvalue weighted by atomic mass is 9.58. The summed E-state index contributed by atoms with van der Waals surface area (Å²) in [4.78, 5) is 0. The third kappa shape index (κ3) is 2.06. The molecule has 0 spiro atoms. The Kier molecular flexibility index (Phi) is 3.53. The van der Waals surface area contributed by atoms with Gasteiger partial charge in [0.15, 0.2) is 0 Å². The summed E-state index contributed by atoms with van der Waals surface area (Å²) in [6, 6.07) is 6.74. The second kappa shape index (κ2) is 5.16. The molecule has 2 aliphatic rings. The van der Waals surface area contributed by atoms with Crippen LogP contribution in [0.4, 0.5) is 0 Å². The third-order valence-corrected chi connectivity index (χ3v) is 5.23. The molecule has 1 aromatic carbocycles. The minimum absolute atomic E-state index is 0.405. The first-order chi connectivity index (χ1) is 9.30. The van der Waals surface area contributed by atoms with Crippen molar-refractivity contribution >= 4 is 0 Å². The molecule has 0 saturated carbocycles. The molecule has 0 amide bonds. The SMILES string of the molecule is CCC[C@]12CCNC[C@H]1CCc1ccc(OC)cc12. The van der Waals surface area contributed by atoms with Gasteiger partial charge in [-0.05, 0) is 68.0 Å². The quantitative estimate of drug-likeness (QED) is 0.899. The molecule has 2 atom stereocenters. The number of aryl methyl sites for hydroxylation is 1. The number of hydrogen-bond acceptors (Lipinski definition) is 2. The van der Waals surface area contributed by atoms with Gasteiger partial charge in [0.2, 0.25) is 0 Å². The van der Waals surface area contributed by atoms with Crippen LogP contribution in [0.15, 0.2) is 18.2 Å². The van der Waals surface area contributed by atoms with Gasteiger partial charge in [-0.15, -0.1) is 0 Å². The van der Waals surface area contributed by atoms with E-state index in [4.69, 9.17) is 4.74 Å². The molecule has 1 fully saturated rings. The Morgan fingerprint density at radius 2 is 2.32 bits per heavy atom. The van der Waals surface area contributed by atoms with Crippen LogP contribution in [0.25, 0.3) is 0 Å². The zero-order valence-corrected chi connectivity index (χ0v) is 12.2. The Balaban J connectivity index is 2.09. The fourth-order valence-electron chi connectivity index (χ4n) is 4.32. The summed E-state index contributed by atoms with van der Waals surface area (Å²) < 4.78 is 5.47. The van der Waals surface area contributed by atoms with E-state index in [9.17, 15) is 0 Å². The number of ether oxygens (including phenoxy) is 1. The Labute approximate surface area is 116 Å². The lowest BCUT2D eigenvalue weighted by molar-refractivity contribution is 0.160. The van der Waals surface area contributed by atoms with Gasteiger partial charge >= 0.3 is 0 Å². The second-order valence-electron chi connectivity index (χ2n) is 6.12. The number of piperidine rings is 1. The third-order valence-electron chi connectivity index (χ3n) is 5.23. The summed E-state index contributed by atoms with van der Waals surface area (Å²) in [5.41, 5.74) is 3.56. The average molecular weight is 259 g/mol. The smallest absolute Gasteiger partial charge is 0.119 e. The Bertz CT molecular complexity index is 453. The number of rotatable bonds is 3. The van der Waals surface area contributed by atoms with Crippen LogP contribution < -0.4 is 10.1 Å².